The standard InChI is InChI=1S/C28H26N4O2/c1-7-31-21-11-12-22(31)28(34)25-27(33)18(6)24(30-25)17(5)26-16(4)15(3)23(32(26)8-2)14-20-10-9-19(13-21)29-20/h7-14,30,33H,1-2H2,3-6H3. The fourth-order valence-corrected chi connectivity index (χ4v) is 4.87. The molecule has 1 aliphatic heterocycles. The van der Waals surface area contributed by atoms with Crippen LogP contribution in [0.1, 0.15) is 33.6 Å². The highest BCUT2D eigenvalue weighted by atomic mass is 16.3. The number of rotatable bonds is 2. The van der Waals surface area contributed by atoms with Gasteiger partial charge in [-0.15, -0.1) is 0 Å². The van der Waals surface area contributed by atoms with Crippen LogP contribution in [0.15, 0.2) is 42.2 Å². The summed E-state index contributed by atoms with van der Waals surface area (Å²) in [6.07, 6.45) is 7.29. The highest BCUT2D eigenvalue weighted by molar-refractivity contribution is 5.88. The molecule has 1 aliphatic rings. The van der Waals surface area contributed by atoms with Gasteiger partial charge >= 0.3 is 0 Å². The van der Waals surface area contributed by atoms with Crippen LogP contribution in [0, 0.1) is 27.7 Å². The molecular weight excluding hydrogens is 424 g/mol. The lowest BCUT2D eigenvalue weighted by molar-refractivity contribution is 0.478. The largest absolute Gasteiger partial charge is 0.505 e. The summed E-state index contributed by atoms with van der Waals surface area (Å²) in [6.45, 7) is 15.9. The molecular formula is C28H26N4O2. The van der Waals surface area contributed by atoms with Crippen molar-refractivity contribution < 1.29 is 5.11 Å². The average Bonchev–Trinajstić information content (AvgIpc) is 3.56. The molecule has 0 atom stereocenters. The van der Waals surface area contributed by atoms with E-state index in [4.69, 9.17) is 4.98 Å². The van der Waals surface area contributed by atoms with Crippen LogP contribution in [0.3, 0.4) is 0 Å². The van der Waals surface area contributed by atoms with Gasteiger partial charge in [-0.3, -0.25) is 4.79 Å². The lowest BCUT2D eigenvalue weighted by Gasteiger charge is -2.03. The van der Waals surface area contributed by atoms with Gasteiger partial charge in [0.05, 0.1) is 33.5 Å². The molecule has 0 spiro atoms. The Bertz CT molecular complexity index is 1760. The lowest BCUT2D eigenvalue weighted by atomic mass is 10.1. The maximum absolute atomic E-state index is 13.5. The zero-order chi connectivity index (χ0) is 24.3. The second-order valence-corrected chi connectivity index (χ2v) is 8.62. The van der Waals surface area contributed by atoms with Crippen molar-refractivity contribution in [2.24, 2.45) is 0 Å². The minimum absolute atomic E-state index is 0.0502. The Kier molecular flexibility index (Phi) is 4.83. The van der Waals surface area contributed by atoms with Crippen molar-refractivity contribution in [3.63, 3.8) is 0 Å². The normalized spacial score (nSPS) is 11.9. The van der Waals surface area contributed by atoms with Gasteiger partial charge < -0.3 is 19.2 Å². The maximum atomic E-state index is 13.5. The Labute approximate surface area is 196 Å². The highest BCUT2D eigenvalue weighted by Crippen LogP contribution is 2.32. The van der Waals surface area contributed by atoms with Crippen molar-refractivity contribution in [1.82, 2.24) is 19.1 Å². The first kappa shape index (κ1) is 21.5. The van der Waals surface area contributed by atoms with Crippen LogP contribution in [0.2, 0.25) is 0 Å². The van der Waals surface area contributed by atoms with Crippen molar-refractivity contribution in [2.75, 3.05) is 0 Å². The fraction of sp³-hybridized carbons (Fsp3) is 0.143. The number of aromatic amines is 1. The second-order valence-electron chi connectivity index (χ2n) is 8.62. The molecule has 0 saturated carbocycles. The van der Waals surface area contributed by atoms with Crippen LogP contribution < -0.4 is 5.43 Å². The van der Waals surface area contributed by atoms with E-state index in [2.05, 4.69) is 38.1 Å². The third-order valence-corrected chi connectivity index (χ3v) is 6.79. The van der Waals surface area contributed by atoms with Crippen LogP contribution in [0.25, 0.3) is 57.7 Å². The minimum atomic E-state index is -0.316. The molecule has 34 heavy (non-hydrogen) atoms. The molecule has 5 rings (SSSR count). The van der Waals surface area contributed by atoms with E-state index in [-0.39, 0.29) is 16.7 Å². The van der Waals surface area contributed by atoms with Gasteiger partial charge in [-0.25, -0.2) is 4.98 Å². The SMILES string of the molecule is C=Cn1c2cc3nc(cc4ccc(c(=O)c5[nH]c(c(C)c5O)c(C)c1c(C)c2C)n4C=C)C=C3. The molecule has 4 aromatic rings. The highest BCUT2D eigenvalue weighted by Gasteiger charge is 2.16. The first-order valence-electron chi connectivity index (χ1n) is 11.1. The first-order chi connectivity index (χ1) is 16.3. The number of aryl methyl sites for hydroxylation is 4. The van der Waals surface area contributed by atoms with Gasteiger partial charge in [-0.1, -0.05) is 13.2 Å². The number of nitrogens with zero attached hydrogens (tertiary/aromatic N) is 3. The monoisotopic (exact) mass is 450 g/mol. The van der Waals surface area contributed by atoms with Crippen LogP contribution in [0.4, 0.5) is 0 Å². The summed E-state index contributed by atoms with van der Waals surface area (Å²) in [6, 6.07) is 7.54. The topological polar surface area (TPSA) is 75.8 Å². The van der Waals surface area contributed by atoms with E-state index in [1.807, 2.05) is 42.7 Å². The summed E-state index contributed by atoms with van der Waals surface area (Å²) < 4.78 is 3.75. The number of nitrogens with one attached hydrogen (secondary N) is 1. The van der Waals surface area contributed by atoms with E-state index in [0.29, 0.717) is 16.6 Å². The van der Waals surface area contributed by atoms with Gasteiger partial charge in [0.2, 0.25) is 5.43 Å². The first-order valence-corrected chi connectivity index (χ1v) is 11.1. The van der Waals surface area contributed by atoms with E-state index in [0.717, 1.165) is 44.6 Å². The molecule has 0 radical (unpaired) electrons. The molecule has 0 aromatic carbocycles. The third kappa shape index (κ3) is 2.95. The summed E-state index contributed by atoms with van der Waals surface area (Å²) in [5, 5.41) is 10.9. The van der Waals surface area contributed by atoms with Gasteiger partial charge in [-0.2, -0.15) is 0 Å². The average molecular weight is 451 g/mol. The van der Waals surface area contributed by atoms with Crippen molar-refractivity contribution in [3.8, 4) is 5.75 Å². The van der Waals surface area contributed by atoms with Crippen LogP contribution in [-0.2, 0) is 0 Å². The predicted octanol–water partition coefficient (Wildman–Crippen LogP) is 6.14. The molecule has 170 valence electrons. The summed E-state index contributed by atoms with van der Waals surface area (Å²) >= 11 is 0. The van der Waals surface area contributed by atoms with E-state index >= 15 is 0 Å². The van der Waals surface area contributed by atoms with E-state index in [9.17, 15) is 9.90 Å². The minimum Gasteiger partial charge on any atom is -0.505 e. The number of fused-ring (bicyclic) bond motifs is 8. The maximum Gasteiger partial charge on any atom is 0.229 e. The molecule has 2 N–H and O–H groups in total. The van der Waals surface area contributed by atoms with Gasteiger partial charge in [-0.05, 0) is 80.8 Å². The van der Waals surface area contributed by atoms with Crippen molar-refractivity contribution in [2.45, 2.75) is 27.7 Å². The van der Waals surface area contributed by atoms with E-state index < -0.39 is 0 Å². The number of hydrogen-bond donors (Lipinski definition) is 2. The molecule has 0 fully saturated rings. The lowest BCUT2D eigenvalue weighted by Crippen LogP contribution is -2.03. The Hall–Kier alpha value is -4.32. The van der Waals surface area contributed by atoms with Gasteiger partial charge in [0, 0.05) is 23.5 Å². The van der Waals surface area contributed by atoms with Crippen molar-refractivity contribution in [1.29, 1.82) is 0 Å². The van der Waals surface area contributed by atoms with E-state index in [1.165, 1.54) is 0 Å². The van der Waals surface area contributed by atoms with Gasteiger partial charge in [0.1, 0.15) is 11.3 Å². The van der Waals surface area contributed by atoms with Crippen LogP contribution >= 0.6 is 0 Å². The summed E-state index contributed by atoms with van der Waals surface area (Å²) in [5.74, 6) is -0.0502. The Morgan fingerprint density at radius 1 is 0.853 bits per heavy atom. The van der Waals surface area contributed by atoms with Crippen molar-refractivity contribution in [3.05, 3.63) is 81.3 Å². The van der Waals surface area contributed by atoms with Crippen LogP contribution in [0.5, 0.6) is 5.75 Å². The summed E-state index contributed by atoms with van der Waals surface area (Å²) in [4.78, 5) is 21.5. The molecule has 0 aliphatic carbocycles. The Morgan fingerprint density at radius 2 is 1.53 bits per heavy atom. The predicted molar refractivity (Wildman–Crippen MR) is 142 cm³/mol. The van der Waals surface area contributed by atoms with Crippen LogP contribution in [-0.4, -0.2) is 24.2 Å². The number of H-pyrrole nitrogens is 1. The molecule has 5 heterocycles. The summed E-state index contributed by atoms with van der Waals surface area (Å²) in [7, 11) is 0. The molecule has 8 bridgehead atoms. The van der Waals surface area contributed by atoms with Gasteiger partial charge in [0.15, 0.2) is 0 Å². The smallest absolute Gasteiger partial charge is 0.229 e. The number of hydrogen-bond acceptors (Lipinski definition) is 3. The molecule has 0 amide bonds. The zero-order valence-electron chi connectivity index (χ0n) is 19.7. The second kappa shape index (κ2) is 7.63. The Balaban J connectivity index is 2.14. The molecule has 0 saturated heterocycles. The van der Waals surface area contributed by atoms with Gasteiger partial charge in [0.25, 0.3) is 0 Å². The fourth-order valence-electron chi connectivity index (χ4n) is 4.87. The summed E-state index contributed by atoms with van der Waals surface area (Å²) in [5.41, 5.74) is 8.99. The Morgan fingerprint density at radius 3 is 2.21 bits per heavy atom. The molecule has 6 heteroatoms. The van der Waals surface area contributed by atoms with E-state index in [1.54, 1.807) is 23.0 Å². The molecule has 6 nitrogen and oxygen atoms in total. The molecule has 0 unspecified atom stereocenters. The quantitative estimate of drug-likeness (QED) is 0.339. The zero-order valence-corrected chi connectivity index (χ0v) is 19.7. The number of aromatic nitrogens is 4. The third-order valence-electron chi connectivity index (χ3n) is 6.79. The number of aromatic hydroxyl groups is 1. The molecule has 4 aromatic heterocycles. The van der Waals surface area contributed by atoms with Crippen molar-refractivity contribution >= 4 is 57.7 Å².